The number of aliphatic carboxylic acids is 1. The first-order valence-electron chi connectivity index (χ1n) is 9.49. The number of carboxylic acid groups (broad SMARTS) is 1. The summed E-state index contributed by atoms with van der Waals surface area (Å²) in [5, 5.41) is 12.2. The van der Waals surface area contributed by atoms with Crippen molar-refractivity contribution in [2.75, 3.05) is 18.4 Å². The number of anilines is 1. The quantitative estimate of drug-likeness (QED) is 0.223. The molecule has 2 fully saturated rings. The van der Waals surface area contributed by atoms with Gasteiger partial charge >= 0.3 is 5.97 Å². The Hall–Kier alpha value is -1.22. The molecule has 0 spiro atoms. The van der Waals surface area contributed by atoms with Gasteiger partial charge in [-0.25, -0.2) is 9.78 Å². The summed E-state index contributed by atoms with van der Waals surface area (Å²) >= 11 is 2.71. The normalized spacial score (nSPS) is 24.3. The van der Waals surface area contributed by atoms with E-state index in [1.807, 2.05) is 0 Å². The molecular weight excluding hydrogens is 443 g/mol. The van der Waals surface area contributed by atoms with E-state index in [2.05, 4.69) is 42.8 Å². The molecule has 2 heterocycles. The summed E-state index contributed by atoms with van der Waals surface area (Å²) in [6.45, 7) is 2.23. The Balaban J connectivity index is 1.58. The number of nitrogens with zero attached hydrogens (tertiary/aromatic N) is 3. The van der Waals surface area contributed by atoms with Crippen molar-refractivity contribution >= 4 is 40.5 Å². The Bertz CT molecular complexity index is 627. The average molecular weight is 470 g/mol. The van der Waals surface area contributed by atoms with Gasteiger partial charge in [0.15, 0.2) is 0 Å². The highest BCUT2D eigenvalue weighted by Gasteiger charge is 2.37. The minimum atomic E-state index is -0.984. The standard InChI is InChI=1S/C19H27IN4O2/c20-19(9-3-1-2-4-10-19)24-11-5-6-16(14-24)23-17-13-21-15(12-22-17)7-8-18(25)26/h7-8,12-13,16H,1-6,9-11,14H2,(H,22,23)(H,25,26)/t16-/m1/s1. The maximum atomic E-state index is 10.6. The van der Waals surface area contributed by atoms with Gasteiger partial charge in [0.1, 0.15) is 5.82 Å². The number of carbonyl (C=O) groups is 1. The molecule has 142 valence electrons. The molecule has 1 saturated heterocycles. The molecule has 2 N–H and O–H groups in total. The fourth-order valence-corrected chi connectivity index (χ4v) is 5.11. The molecule has 1 aliphatic heterocycles. The van der Waals surface area contributed by atoms with Crippen LogP contribution in [0.2, 0.25) is 0 Å². The van der Waals surface area contributed by atoms with Crippen LogP contribution in [0.15, 0.2) is 18.5 Å². The number of rotatable bonds is 5. The number of alkyl halides is 1. The van der Waals surface area contributed by atoms with E-state index in [1.54, 1.807) is 12.4 Å². The molecule has 1 aromatic heterocycles. The Kier molecular flexibility index (Phi) is 6.86. The van der Waals surface area contributed by atoms with E-state index in [0.717, 1.165) is 24.9 Å². The second-order valence-electron chi connectivity index (χ2n) is 7.26. The number of carboxylic acids is 1. The van der Waals surface area contributed by atoms with Gasteiger partial charge in [0, 0.05) is 18.7 Å². The first-order valence-corrected chi connectivity index (χ1v) is 10.6. The van der Waals surface area contributed by atoms with Crippen molar-refractivity contribution in [2.45, 2.75) is 61.0 Å². The molecule has 1 saturated carbocycles. The van der Waals surface area contributed by atoms with Crippen LogP contribution < -0.4 is 5.32 Å². The van der Waals surface area contributed by atoms with Gasteiger partial charge < -0.3 is 10.4 Å². The van der Waals surface area contributed by atoms with Crippen molar-refractivity contribution in [1.82, 2.24) is 14.9 Å². The first kappa shape index (κ1) is 19.5. The minimum absolute atomic E-state index is 0.311. The van der Waals surface area contributed by atoms with E-state index < -0.39 is 5.97 Å². The molecule has 1 atom stereocenters. The molecule has 6 nitrogen and oxygen atoms in total. The van der Waals surface area contributed by atoms with Gasteiger partial charge in [-0.15, -0.1) is 0 Å². The SMILES string of the molecule is O=C(O)C=Cc1cnc(N[C@@H]2CCCN(C3(I)CCCCCC3)C2)cn1. The Morgan fingerprint density at radius 1 is 1.23 bits per heavy atom. The highest BCUT2D eigenvalue weighted by Crippen LogP contribution is 2.39. The van der Waals surface area contributed by atoms with E-state index >= 15 is 0 Å². The molecule has 7 heteroatoms. The Morgan fingerprint density at radius 2 is 2.00 bits per heavy atom. The third-order valence-electron chi connectivity index (χ3n) is 5.28. The van der Waals surface area contributed by atoms with Crippen LogP contribution in [0.3, 0.4) is 0 Å². The average Bonchev–Trinajstić information content (AvgIpc) is 2.87. The Morgan fingerprint density at radius 3 is 2.65 bits per heavy atom. The molecule has 3 rings (SSSR count). The van der Waals surface area contributed by atoms with Gasteiger partial charge in [-0.05, 0) is 38.3 Å². The number of aromatic nitrogens is 2. The van der Waals surface area contributed by atoms with Crippen molar-refractivity contribution < 1.29 is 9.90 Å². The summed E-state index contributed by atoms with van der Waals surface area (Å²) in [7, 11) is 0. The van der Waals surface area contributed by atoms with Gasteiger partial charge in [-0.2, -0.15) is 0 Å². The van der Waals surface area contributed by atoms with Gasteiger partial charge in [-0.3, -0.25) is 9.88 Å². The zero-order valence-electron chi connectivity index (χ0n) is 15.0. The molecule has 0 radical (unpaired) electrons. The lowest BCUT2D eigenvalue weighted by molar-refractivity contribution is -0.131. The van der Waals surface area contributed by atoms with Crippen LogP contribution in [0, 0.1) is 0 Å². The predicted octanol–water partition coefficient (Wildman–Crippen LogP) is 3.94. The van der Waals surface area contributed by atoms with Crippen molar-refractivity contribution in [3.63, 3.8) is 0 Å². The number of hydrogen-bond donors (Lipinski definition) is 2. The number of piperidine rings is 1. The number of nitrogens with one attached hydrogen (secondary N) is 1. The van der Waals surface area contributed by atoms with E-state index in [9.17, 15) is 4.79 Å². The maximum absolute atomic E-state index is 10.6. The Labute approximate surface area is 168 Å². The predicted molar refractivity (Wildman–Crippen MR) is 111 cm³/mol. The van der Waals surface area contributed by atoms with Gasteiger partial charge in [-0.1, -0.05) is 48.3 Å². The monoisotopic (exact) mass is 470 g/mol. The minimum Gasteiger partial charge on any atom is -0.478 e. The van der Waals surface area contributed by atoms with Crippen LogP contribution >= 0.6 is 22.6 Å². The van der Waals surface area contributed by atoms with E-state index in [0.29, 0.717) is 15.3 Å². The zero-order chi connectivity index (χ0) is 18.4. The van der Waals surface area contributed by atoms with Crippen LogP contribution in [-0.2, 0) is 4.79 Å². The summed E-state index contributed by atoms with van der Waals surface area (Å²) in [5.74, 6) is -0.227. The van der Waals surface area contributed by atoms with Crippen LogP contribution in [0.4, 0.5) is 5.82 Å². The lowest BCUT2D eigenvalue weighted by Gasteiger charge is -2.44. The van der Waals surface area contributed by atoms with Crippen LogP contribution in [0.25, 0.3) is 6.08 Å². The molecule has 1 aliphatic carbocycles. The number of likely N-dealkylation sites (tertiary alicyclic amines) is 1. The number of hydrogen-bond acceptors (Lipinski definition) is 5. The van der Waals surface area contributed by atoms with Crippen LogP contribution in [-0.4, -0.2) is 48.6 Å². The lowest BCUT2D eigenvalue weighted by atomic mass is 10.00. The van der Waals surface area contributed by atoms with Gasteiger partial charge in [0.05, 0.1) is 21.6 Å². The molecule has 0 amide bonds. The second-order valence-corrected chi connectivity index (χ2v) is 9.27. The fraction of sp³-hybridized carbons (Fsp3) is 0.632. The van der Waals surface area contributed by atoms with Crippen LogP contribution in [0.1, 0.15) is 57.1 Å². The summed E-state index contributed by atoms with van der Waals surface area (Å²) in [4.78, 5) is 21.9. The summed E-state index contributed by atoms with van der Waals surface area (Å²) < 4.78 is 0.311. The van der Waals surface area contributed by atoms with E-state index in [4.69, 9.17) is 5.11 Å². The van der Waals surface area contributed by atoms with Gasteiger partial charge in [0.2, 0.25) is 0 Å². The van der Waals surface area contributed by atoms with E-state index in [1.165, 1.54) is 57.6 Å². The summed E-state index contributed by atoms with van der Waals surface area (Å²) in [6, 6.07) is 0.383. The fourth-order valence-electron chi connectivity index (χ4n) is 3.91. The molecule has 1 aromatic rings. The maximum Gasteiger partial charge on any atom is 0.328 e. The third-order valence-corrected chi connectivity index (χ3v) is 7.04. The molecule has 26 heavy (non-hydrogen) atoms. The zero-order valence-corrected chi connectivity index (χ0v) is 17.2. The van der Waals surface area contributed by atoms with Crippen LogP contribution in [0.5, 0.6) is 0 Å². The molecule has 0 bridgehead atoms. The molecule has 0 aromatic carbocycles. The number of halogens is 1. The largest absolute Gasteiger partial charge is 0.478 e. The second kappa shape index (κ2) is 9.12. The molecule has 2 aliphatic rings. The summed E-state index contributed by atoms with van der Waals surface area (Å²) in [5.41, 5.74) is 0.549. The lowest BCUT2D eigenvalue weighted by Crippen LogP contribution is -2.51. The highest BCUT2D eigenvalue weighted by molar-refractivity contribution is 14.1. The third kappa shape index (κ3) is 5.39. The van der Waals surface area contributed by atoms with E-state index in [-0.39, 0.29) is 0 Å². The highest BCUT2D eigenvalue weighted by atomic mass is 127. The molecule has 0 unspecified atom stereocenters. The topological polar surface area (TPSA) is 78.3 Å². The van der Waals surface area contributed by atoms with Crippen molar-refractivity contribution in [3.05, 3.63) is 24.2 Å². The summed E-state index contributed by atoms with van der Waals surface area (Å²) in [6.07, 6.45) is 16.2. The van der Waals surface area contributed by atoms with Crippen molar-refractivity contribution in [3.8, 4) is 0 Å². The first-order chi connectivity index (χ1) is 12.5. The van der Waals surface area contributed by atoms with Gasteiger partial charge in [0.25, 0.3) is 0 Å². The van der Waals surface area contributed by atoms with Crippen molar-refractivity contribution in [1.29, 1.82) is 0 Å². The smallest absolute Gasteiger partial charge is 0.328 e. The molecular formula is C19H27IN4O2. The van der Waals surface area contributed by atoms with Crippen molar-refractivity contribution in [2.24, 2.45) is 0 Å².